The van der Waals surface area contributed by atoms with Gasteiger partial charge >= 0.3 is 6.03 Å². The predicted molar refractivity (Wildman–Crippen MR) is 96.3 cm³/mol. The van der Waals surface area contributed by atoms with Gasteiger partial charge in [0.25, 0.3) is 0 Å². The molecule has 1 heterocycles. The van der Waals surface area contributed by atoms with Crippen LogP contribution in [0.4, 0.5) is 4.79 Å². The van der Waals surface area contributed by atoms with Gasteiger partial charge in [0.05, 0.1) is 6.10 Å². The summed E-state index contributed by atoms with van der Waals surface area (Å²) in [7, 11) is 0. The van der Waals surface area contributed by atoms with Crippen LogP contribution >= 0.6 is 0 Å². The van der Waals surface area contributed by atoms with E-state index in [4.69, 9.17) is 4.74 Å². The SMILES string of the molecule is CCO[C@H]1CC2(CCN(C(=O)NC(C)C)CC2)c2ccc(C)cc21. The summed E-state index contributed by atoms with van der Waals surface area (Å²) in [4.78, 5) is 14.2. The Labute approximate surface area is 145 Å². The molecule has 3 rings (SSSR count). The first kappa shape index (κ1) is 17.3. The predicted octanol–water partition coefficient (Wildman–Crippen LogP) is 3.93. The zero-order valence-electron chi connectivity index (χ0n) is 15.4. The van der Waals surface area contributed by atoms with E-state index in [-0.39, 0.29) is 23.6 Å². The van der Waals surface area contributed by atoms with Crippen LogP contribution in [-0.4, -0.2) is 36.7 Å². The number of amides is 2. The molecular weight excluding hydrogens is 300 g/mol. The second kappa shape index (κ2) is 6.75. The summed E-state index contributed by atoms with van der Waals surface area (Å²) in [5.74, 6) is 0. The fourth-order valence-electron chi connectivity index (χ4n) is 4.31. The highest BCUT2D eigenvalue weighted by Gasteiger charge is 2.46. The lowest BCUT2D eigenvalue weighted by molar-refractivity contribution is 0.0426. The average Bonchev–Trinajstić information content (AvgIpc) is 2.81. The Bertz CT molecular complexity index is 604. The zero-order chi connectivity index (χ0) is 17.3. The average molecular weight is 330 g/mol. The molecule has 1 saturated heterocycles. The van der Waals surface area contributed by atoms with Crippen LogP contribution in [0.15, 0.2) is 18.2 Å². The molecule has 0 aromatic heterocycles. The fraction of sp³-hybridized carbons (Fsp3) is 0.650. The summed E-state index contributed by atoms with van der Waals surface area (Å²) in [5, 5.41) is 3.01. The van der Waals surface area contributed by atoms with Crippen molar-refractivity contribution >= 4 is 6.03 Å². The first-order valence-corrected chi connectivity index (χ1v) is 9.23. The normalized spacial score (nSPS) is 22.0. The second-order valence-corrected chi connectivity index (χ2v) is 7.61. The van der Waals surface area contributed by atoms with E-state index in [9.17, 15) is 4.79 Å². The number of aryl methyl sites for hydroxylation is 1. The summed E-state index contributed by atoms with van der Waals surface area (Å²) in [6.45, 7) is 10.6. The standard InChI is InChI=1S/C20H30N2O2/c1-5-24-18-13-20(17-7-6-15(4)12-16(17)18)8-10-22(11-9-20)19(23)21-14(2)3/h6-7,12,14,18H,5,8-11,13H2,1-4H3,(H,21,23)/t18-/m0/s1. The highest BCUT2D eigenvalue weighted by atomic mass is 16.5. The van der Waals surface area contributed by atoms with Gasteiger partial charge in [-0.05, 0) is 58.1 Å². The van der Waals surface area contributed by atoms with E-state index in [1.165, 1.54) is 16.7 Å². The number of piperidine rings is 1. The van der Waals surface area contributed by atoms with Gasteiger partial charge in [-0.1, -0.05) is 23.8 Å². The smallest absolute Gasteiger partial charge is 0.317 e. The topological polar surface area (TPSA) is 41.6 Å². The maximum Gasteiger partial charge on any atom is 0.317 e. The molecule has 0 bridgehead atoms. The van der Waals surface area contributed by atoms with Gasteiger partial charge in [-0.2, -0.15) is 0 Å². The summed E-state index contributed by atoms with van der Waals surface area (Å²) < 4.78 is 6.05. The summed E-state index contributed by atoms with van der Waals surface area (Å²) >= 11 is 0. The van der Waals surface area contributed by atoms with Crippen LogP contribution in [-0.2, 0) is 10.2 Å². The molecule has 4 nitrogen and oxygen atoms in total. The van der Waals surface area contributed by atoms with Crippen molar-refractivity contribution in [3.8, 4) is 0 Å². The number of nitrogens with zero attached hydrogens (tertiary/aromatic N) is 1. The maximum atomic E-state index is 12.3. The number of fused-ring (bicyclic) bond motifs is 2. The Kier molecular flexibility index (Phi) is 4.86. The Hall–Kier alpha value is -1.55. The fourth-order valence-corrected chi connectivity index (χ4v) is 4.31. The molecule has 4 heteroatoms. The Morgan fingerprint density at radius 3 is 2.71 bits per heavy atom. The van der Waals surface area contributed by atoms with E-state index in [0.717, 1.165) is 39.0 Å². The first-order chi connectivity index (χ1) is 11.4. The van der Waals surface area contributed by atoms with Crippen LogP contribution in [0.2, 0.25) is 0 Å². The highest BCUT2D eigenvalue weighted by Crippen LogP contribution is 2.52. The van der Waals surface area contributed by atoms with Crippen molar-refractivity contribution in [1.29, 1.82) is 0 Å². The van der Waals surface area contributed by atoms with Crippen LogP contribution in [0.3, 0.4) is 0 Å². The lowest BCUT2D eigenvalue weighted by Crippen LogP contribution is -2.49. The molecule has 1 atom stereocenters. The number of rotatable bonds is 3. The minimum atomic E-state index is 0.0725. The van der Waals surface area contributed by atoms with E-state index < -0.39 is 0 Å². The van der Waals surface area contributed by atoms with Crippen molar-refractivity contribution < 1.29 is 9.53 Å². The van der Waals surface area contributed by atoms with Crippen molar-refractivity contribution in [2.45, 2.75) is 64.5 Å². The molecular formula is C20H30N2O2. The van der Waals surface area contributed by atoms with E-state index in [2.05, 4.69) is 37.4 Å². The molecule has 1 N–H and O–H groups in total. The van der Waals surface area contributed by atoms with Crippen LogP contribution in [0.1, 0.15) is 62.8 Å². The van der Waals surface area contributed by atoms with E-state index in [1.807, 2.05) is 18.7 Å². The van der Waals surface area contributed by atoms with Gasteiger partial charge in [0.2, 0.25) is 0 Å². The van der Waals surface area contributed by atoms with E-state index in [1.54, 1.807) is 0 Å². The molecule has 0 unspecified atom stereocenters. The molecule has 1 aromatic carbocycles. The molecule has 0 radical (unpaired) electrons. The summed E-state index contributed by atoms with van der Waals surface area (Å²) in [6.07, 6.45) is 3.32. The monoisotopic (exact) mass is 330 g/mol. The third kappa shape index (κ3) is 3.16. The minimum absolute atomic E-state index is 0.0725. The highest BCUT2D eigenvalue weighted by molar-refractivity contribution is 5.74. The minimum Gasteiger partial charge on any atom is -0.374 e. The van der Waals surface area contributed by atoms with Gasteiger partial charge < -0.3 is 15.0 Å². The third-order valence-electron chi connectivity index (χ3n) is 5.49. The van der Waals surface area contributed by atoms with Gasteiger partial charge in [-0.3, -0.25) is 0 Å². The van der Waals surface area contributed by atoms with Gasteiger partial charge in [0.1, 0.15) is 0 Å². The largest absolute Gasteiger partial charge is 0.374 e. The molecule has 2 amide bonds. The maximum absolute atomic E-state index is 12.3. The number of hydrogen-bond acceptors (Lipinski definition) is 2. The van der Waals surface area contributed by atoms with Crippen molar-refractivity contribution in [2.24, 2.45) is 0 Å². The Morgan fingerprint density at radius 1 is 1.38 bits per heavy atom. The number of ether oxygens (including phenoxy) is 1. The number of hydrogen-bond donors (Lipinski definition) is 1. The van der Waals surface area contributed by atoms with Crippen LogP contribution in [0, 0.1) is 6.92 Å². The molecule has 1 fully saturated rings. The lowest BCUT2D eigenvalue weighted by atomic mass is 9.73. The lowest BCUT2D eigenvalue weighted by Gasteiger charge is -2.40. The summed E-state index contributed by atoms with van der Waals surface area (Å²) in [5.41, 5.74) is 4.30. The van der Waals surface area contributed by atoms with Crippen molar-refractivity contribution in [2.75, 3.05) is 19.7 Å². The number of carbonyl (C=O) groups excluding carboxylic acids is 1. The van der Waals surface area contributed by atoms with Gasteiger partial charge in [-0.25, -0.2) is 4.79 Å². The third-order valence-corrected chi connectivity index (χ3v) is 5.49. The molecule has 2 aliphatic rings. The summed E-state index contributed by atoms with van der Waals surface area (Å²) in [6, 6.07) is 7.07. The van der Waals surface area contributed by atoms with Gasteiger partial charge in [0.15, 0.2) is 0 Å². The molecule has 1 aliphatic carbocycles. The van der Waals surface area contributed by atoms with Crippen molar-refractivity contribution in [3.63, 3.8) is 0 Å². The zero-order valence-corrected chi connectivity index (χ0v) is 15.4. The molecule has 24 heavy (non-hydrogen) atoms. The second-order valence-electron chi connectivity index (χ2n) is 7.61. The van der Waals surface area contributed by atoms with E-state index in [0.29, 0.717) is 0 Å². The van der Waals surface area contributed by atoms with E-state index >= 15 is 0 Å². The first-order valence-electron chi connectivity index (χ1n) is 9.23. The quantitative estimate of drug-likeness (QED) is 0.912. The number of likely N-dealkylation sites (tertiary alicyclic amines) is 1. The molecule has 132 valence electrons. The van der Waals surface area contributed by atoms with Gasteiger partial charge in [-0.15, -0.1) is 0 Å². The molecule has 1 spiro atoms. The van der Waals surface area contributed by atoms with Gasteiger partial charge in [0, 0.05) is 31.2 Å². The number of carbonyl (C=O) groups is 1. The molecule has 1 aliphatic heterocycles. The van der Waals surface area contributed by atoms with Crippen LogP contribution in [0.25, 0.3) is 0 Å². The molecule has 1 aromatic rings. The van der Waals surface area contributed by atoms with Crippen LogP contribution in [0.5, 0.6) is 0 Å². The van der Waals surface area contributed by atoms with Crippen molar-refractivity contribution in [1.82, 2.24) is 10.2 Å². The number of benzene rings is 1. The Balaban J connectivity index is 1.77. The number of nitrogens with one attached hydrogen (secondary N) is 1. The Morgan fingerprint density at radius 2 is 2.08 bits per heavy atom. The molecule has 0 saturated carbocycles. The van der Waals surface area contributed by atoms with Crippen LogP contribution < -0.4 is 5.32 Å². The van der Waals surface area contributed by atoms with Crippen molar-refractivity contribution in [3.05, 3.63) is 34.9 Å². The number of urea groups is 1.